The van der Waals surface area contributed by atoms with E-state index in [0.717, 1.165) is 65.2 Å². The molecular weight excluding hydrogens is 392 g/mol. The molecule has 1 aliphatic heterocycles. The van der Waals surface area contributed by atoms with Gasteiger partial charge in [0.2, 0.25) is 0 Å². The van der Waals surface area contributed by atoms with Crippen LogP contribution in [0.3, 0.4) is 0 Å². The van der Waals surface area contributed by atoms with Crippen molar-refractivity contribution in [2.24, 2.45) is 0 Å². The molecule has 1 N–H and O–H groups in total. The van der Waals surface area contributed by atoms with Crippen LogP contribution >= 0.6 is 0 Å². The maximum Gasteiger partial charge on any atom is 0.159 e. The summed E-state index contributed by atoms with van der Waals surface area (Å²) >= 11 is 0. The summed E-state index contributed by atoms with van der Waals surface area (Å²) in [6.07, 6.45) is 12.2. The fourth-order valence-electron chi connectivity index (χ4n) is 4.05. The molecule has 5 aromatic rings. The number of imidazole rings is 1. The minimum Gasteiger partial charge on any atom is -0.366 e. The Hall–Kier alpha value is -3.92. The molecule has 1 saturated heterocycles. The second-order valence-corrected chi connectivity index (χ2v) is 7.68. The summed E-state index contributed by atoms with van der Waals surface area (Å²) in [5.74, 6) is 0.699. The van der Waals surface area contributed by atoms with Crippen molar-refractivity contribution in [3.05, 3.63) is 49.6 Å². The molecule has 0 unspecified atom stereocenters. The zero-order valence-electron chi connectivity index (χ0n) is 17.0. The third-order valence-electron chi connectivity index (χ3n) is 5.72. The Morgan fingerprint density at radius 1 is 0.903 bits per heavy atom. The van der Waals surface area contributed by atoms with Crippen molar-refractivity contribution in [3.8, 4) is 17.2 Å². The Morgan fingerprint density at radius 3 is 2.58 bits per heavy atom. The minimum atomic E-state index is 0.699. The largest absolute Gasteiger partial charge is 0.366 e. The van der Waals surface area contributed by atoms with Crippen LogP contribution in [0.15, 0.2) is 49.6 Å². The SMILES string of the molecule is CN1CCN(c2cncc3[nH]c(-c4nn(-c5cncnc5)c5cnccc45)nc23)CC1. The van der Waals surface area contributed by atoms with Gasteiger partial charge in [0.1, 0.15) is 23.2 Å². The molecule has 6 heterocycles. The van der Waals surface area contributed by atoms with Crippen LogP contribution in [0.25, 0.3) is 39.1 Å². The summed E-state index contributed by atoms with van der Waals surface area (Å²) in [4.78, 5) is 30.0. The summed E-state index contributed by atoms with van der Waals surface area (Å²) in [6, 6.07) is 1.95. The van der Waals surface area contributed by atoms with Gasteiger partial charge in [0.25, 0.3) is 0 Å². The van der Waals surface area contributed by atoms with Crippen molar-refractivity contribution in [2.45, 2.75) is 0 Å². The lowest BCUT2D eigenvalue weighted by molar-refractivity contribution is 0.313. The average Bonchev–Trinajstić information content (AvgIpc) is 3.42. The number of nitrogens with one attached hydrogen (secondary N) is 1. The first-order valence-corrected chi connectivity index (χ1v) is 10.1. The van der Waals surface area contributed by atoms with Crippen molar-refractivity contribution in [1.82, 2.24) is 44.6 Å². The van der Waals surface area contributed by atoms with Crippen molar-refractivity contribution in [1.29, 1.82) is 0 Å². The Kier molecular flexibility index (Phi) is 4.10. The Morgan fingerprint density at radius 2 is 1.74 bits per heavy atom. The van der Waals surface area contributed by atoms with Gasteiger partial charge in [-0.1, -0.05) is 0 Å². The molecule has 0 atom stereocenters. The number of hydrogen-bond acceptors (Lipinski definition) is 8. The molecule has 6 rings (SSSR count). The van der Waals surface area contributed by atoms with E-state index in [4.69, 9.17) is 10.1 Å². The highest BCUT2D eigenvalue weighted by atomic mass is 15.3. The van der Waals surface area contributed by atoms with Crippen LogP contribution in [0.1, 0.15) is 0 Å². The number of fused-ring (bicyclic) bond motifs is 2. The molecular formula is C21H20N10. The first-order valence-electron chi connectivity index (χ1n) is 10.1. The fourth-order valence-corrected chi connectivity index (χ4v) is 4.05. The topological polar surface area (TPSA) is 105 Å². The van der Waals surface area contributed by atoms with Gasteiger partial charge >= 0.3 is 0 Å². The molecule has 31 heavy (non-hydrogen) atoms. The molecule has 0 spiro atoms. The second-order valence-electron chi connectivity index (χ2n) is 7.68. The highest BCUT2D eigenvalue weighted by Crippen LogP contribution is 2.31. The summed E-state index contributed by atoms with van der Waals surface area (Å²) in [5.41, 5.74) is 5.24. The van der Waals surface area contributed by atoms with Crippen molar-refractivity contribution >= 4 is 27.6 Å². The standard InChI is InChI=1S/C21H20N10/c1-29-4-6-30(7-5-29)18-12-23-10-16-20(18)27-21(26-16)19-15-2-3-22-11-17(15)31(28-19)14-8-24-13-25-9-14/h2-3,8-13H,4-7H2,1H3,(H,26,27). The van der Waals surface area contributed by atoms with E-state index in [0.29, 0.717) is 5.82 Å². The van der Waals surface area contributed by atoms with Gasteiger partial charge in [0, 0.05) is 37.8 Å². The van der Waals surface area contributed by atoms with Gasteiger partial charge in [-0.05, 0) is 13.1 Å². The molecule has 1 aliphatic rings. The van der Waals surface area contributed by atoms with Crippen LogP contribution in [-0.2, 0) is 0 Å². The van der Waals surface area contributed by atoms with Crippen molar-refractivity contribution < 1.29 is 0 Å². The third-order valence-corrected chi connectivity index (χ3v) is 5.72. The molecule has 10 nitrogen and oxygen atoms in total. The van der Waals surface area contributed by atoms with Gasteiger partial charge in [-0.25, -0.2) is 19.6 Å². The summed E-state index contributed by atoms with van der Waals surface area (Å²) in [6.45, 7) is 3.96. The second kappa shape index (κ2) is 7.10. The Bertz CT molecular complexity index is 1370. The molecule has 5 aromatic heterocycles. The number of pyridine rings is 2. The van der Waals surface area contributed by atoms with Gasteiger partial charge in [0.15, 0.2) is 5.82 Å². The zero-order valence-corrected chi connectivity index (χ0v) is 17.0. The monoisotopic (exact) mass is 412 g/mol. The molecule has 0 aliphatic carbocycles. The Labute approximate surface area is 177 Å². The van der Waals surface area contributed by atoms with Crippen LogP contribution in [0.2, 0.25) is 0 Å². The van der Waals surface area contributed by atoms with Crippen LogP contribution in [0.4, 0.5) is 5.69 Å². The number of likely N-dealkylation sites (N-methyl/N-ethyl adjacent to an activating group) is 1. The smallest absolute Gasteiger partial charge is 0.159 e. The summed E-state index contributed by atoms with van der Waals surface area (Å²) in [7, 11) is 2.15. The predicted molar refractivity (Wildman–Crippen MR) is 117 cm³/mol. The molecule has 1 fully saturated rings. The van der Waals surface area contributed by atoms with Gasteiger partial charge in [-0.3, -0.25) is 9.97 Å². The van der Waals surface area contributed by atoms with Crippen molar-refractivity contribution in [2.75, 3.05) is 38.1 Å². The number of rotatable bonds is 3. The first-order chi connectivity index (χ1) is 15.3. The quantitative estimate of drug-likeness (QED) is 0.479. The fraction of sp³-hybridized carbons (Fsp3) is 0.238. The van der Waals surface area contributed by atoms with Gasteiger partial charge in [-0.2, -0.15) is 5.10 Å². The molecule has 0 saturated carbocycles. The lowest BCUT2D eigenvalue weighted by Gasteiger charge is -2.33. The van der Waals surface area contributed by atoms with E-state index in [-0.39, 0.29) is 0 Å². The minimum absolute atomic E-state index is 0.699. The van der Waals surface area contributed by atoms with Gasteiger partial charge < -0.3 is 14.8 Å². The van der Waals surface area contributed by atoms with E-state index in [2.05, 4.69) is 41.8 Å². The molecule has 0 aromatic carbocycles. The predicted octanol–water partition coefficient (Wildman–Crippen LogP) is 1.90. The molecule has 0 radical (unpaired) electrons. The molecule has 0 bridgehead atoms. The number of aromatic nitrogens is 8. The normalized spacial score (nSPS) is 15.2. The number of nitrogens with zero attached hydrogens (tertiary/aromatic N) is 9. The van der Waals surface area contributed by atoms with Gasteiger partial charge in [-0.15, -0.1) is 0 Å². The summed E-state index contributed by atoms with van der Waals surface area (Å²) in [5, 5.41) is 5.79. The third kappa shape index (κ3) is 2.99. The lowest BCUT2D eigenvalue weighted by Crippen LogP contribution is -2.44. The zero-order chi connectivity index (χ0) is 20.8. The number of anilines is 1. The average molecular weight is 412 g/mol. The lowest BCUT2D eigenvalue weighted by atomic mass is 10.2. The number of H-pyrrole nitrogens is 1. The highest BCUT2D eigenvalue weighted by Gasteiger charge is 2.21. The van der Waals surface area contributed by atoms with E-state index in [1.54, 1.807) is 29.5 Å². The van der Waals surface area contributed by atoms with E-state index in [1.807, 2.05) is 18.5 Å². The Balaban J connectivity index is 1.50. The van der Waals surface area contributed by atoms with Crippen LogP contribution in [0.5, 0.6) is 0 Å². The molecule has 10 heteroatoms. The van der Waals surface area contributed by atoms with E-state index in [1.165, 1.54) is 6.33 Å². The van der Waals surface area contributed by atoms with Gasteiger partial charge in [0.05, 0.1) is 47.7 Å². The molecule has 0 amide bonds. The highest BCUT2D eigenvalue weighted by molar-refractivity contribution is 5.96. The van der Waals surface area contributed by atoms with Crippen LogP contribution in [0, 0.1) is 0 Å². The number of piperazine rings is 1. The van der Waals surface area contributed by atoms with Crippen molar-refractivity contribution in [3.63, 3.8) is 0 Å². The van der Waals surface area contributed by atoms with E-state index >= 15 is 0 Å². The molecule has 154 valence electrons. The first kappa shape index (κ1) is 17.9. The van der Waals surface area contributed by atoms with E-state index < -0.39 is 0 Å². The number of hydrogen-bond donors (Lipinski definition) is 1. The van der Waals surface area contributed by atoms with Crippen LogP contribution in [-0.4, -0.2) is 77.8 Å². The van der Waals surface area contributed by atoms with E-state index in [9.17, 15) is 0 Å². The van der Waals surface area contributed by atoms with Crippen LogP contribution < -0.4 is 4.90 Å². The number of aromatic amines is 1. The summed E-state index contributed by atoms with van der Waals surface area (Å²) < 4.78 is 1.80. The maximum absolute atomic E-state index is 4.96. The maximum atomic E-state index is 4.96.